The zero-order valence-electron chi connectivity index (χ0n) is 12.3. The molecule has 0 aliphatic carbocycles. The van der Waals surface area contributed by atoms with E-state index in [0.29, 0.717) is 12.5 Å². The summed E-state index contributed by atoms with van der Waals surface area (Å²) in [5.41, 5.74) is 1.14. The first kappa shape index (κ1) is 15.3. The molecule has 0 heterocycles. The molecule has 0 saturated heterocycles. The standard InChI is InChI=1S/C16H24N2O/c1-13(2)10-11-17-16(19)18(14(3)4)12-15-8-6-5-7-9-15/h5-11,13-14H,12H2,1-4H3,(H,17,19)/b11-10+. The van der Waals surface area contributed by atoms with Crippen LogP contribution in [0.15, 0.2) is 42.6 Å². The molecule has 1 N–H and O–H groups in total. The van der Waals surface area contributed by atoms with Crippen molar-refractivity contribution < 1.29 is 4.79 Å². The van der Waals surface area contributed by atoms with Crippen LogP contribution in [-0.2, 0) is 6.54 Å². The Kier molecular flexibility index (Phi) is 6.13. The van der Waals surface area contributed by atoms with Gasteiger partial charge in [-0.05, 0) is 25.3 Å². The minimum atomic E-state index is -0.0595. The molecule has 0 bridgehead atoms. The van der Waals surface area contributed by atoms with E-state index in [1.807, 2.05) is 55.2 Å². The number of hydrogen-bond donors (Lipinski definition) is 1. The van der Waals surface area contributed by atoms with Gasteiger partial charge in [0.15, 0.2) is 0 Å². The molecule has 19 heavy (non-hydrogen) atoms. The summed E-state index contributed by atoms with van der Waals surface area (Å²) in [6, 6.07) is 10.1. The summed E-state index contributed by atoms with van der Waals surface area (Å²) < 4.78 is 0. The van der Waals surface area contributed by atoms with E-state index < -0.39 is 0 Å². The lowest BCUT2D eigenvalue weighted by Crippen LogP contribution is -2.41. The van der Waals surface area contributed by atoms with Gasteiger partial charge in [-0.25, -0.2) is 4.79 Å². The smallest absolute Gasteiger partial charge is 0.318 e. The fraction of sp³-hybridized carbons (Fsp3) is 0.438. The van der Waals surface area contributed by atoms with Crippen LogP contribution in [0, 0.1) is 5.92 Å². The lowest BCUT2D eigenvalue weighted by Gasteiger charge is -2.26. The number of rotatable bonds is 5. The highest BCUT2D eigenvalue weighted by Gasteiger charge is 2.15. The second kappa shape index (κ2) is 7.62. The van der Waals surface area contributed by atoms with Crippen molar-refractivity contribution in [2.24, 2.45) is 5.92 Å². The van der Waals surface area contributed by atoms with Gasteiger partial charge < -0.3 is 10.2 Å². The Hall–Kier alpha value is -1.77. The molecule has 0 unspecified atom stereocenters. The van der Waals surface area contributed by atoms with Crippen LogP contribution in [-0.4, -0.2) is 17.0 Å². The highest BCUT2D eigenvalue weighted by Crippen LogP contribution is 2.08. The van der Waals surface area contributed by atoms with Gasteiger partial charge in [-0.1, -0.05) is 50.3 Å². The average Bonchev–Trinajstić information content (AvgIpc) is 2.36. The number of carbonyl (C=O) groups is 1. The number of carbonyl (C=O) groups excluding carboxylic acids is 1. The minimum Gasteiger partial charge on any atom is -0.318 e. The molecule has 0 spiro atoms. The van der Waals surface area contributed by atoms with E-state index in [4.69, 9.17) is 0 Å². The first-order chi connectivity index (χ1) is 9.00. The minimum absolute atomic E-state index is 0.0595. The van der Waals surface area contributed by atoms with Crippen LogP contribution in [0.4, 0.5) is 4.79 Å². The molecular formula is C16H24N2O. The van der Waals surface area contributed by atoms with Crippen molar-refractivity contribution >= 4 is 6.03 Å². The van der Waals surface area contributed by atoms with Gasteiger partial charge in [-0.3, -0.25) is 0 Å². The third kappa shape index (κ3) is 5.60. The Morgan fingerprint density at radius 2 is 1.84 bits per heavy atom. The van der Waals surface area contributed by atoms with Crippen LogP contribution in [0.25, 0.3) is 0 Å². The van der Waals surface area contributed by atoms with Gasteiger partial charge in [0.25, 0.3) is 0 Å². The number of benzene rings is 1. The summed E-state index contributed by atoms with van der Waals surface area (Å²) in [5, 5.41) is 2.82. The molecule has 104 valence electrons. The van der Waals surface area contributed by atoms with Crippen molar-refractivity contribution in [2.45, 2.75) is 40.3 Å². The largest absolute Gasteiger partial charge is 0.321 e. The van der Waals surface area contributed by atoms with Crippen molar-refractivity contribution in [3.8, 4) is 0 Å². The van der Waals surface area contributed by atoms with Crippen LogP contribution in [0.3, 0.4) is 0 Å². The van der Waals surface area contributed by atoms with Crippen LogP contribution >= 0.6 is 0 Å². The summed E-state index contributed by atoms with van der Waals surface area (Å²) in [6.07, 6.45) is 3.70. The third-order valence-corrected chi connectivity index (χ3v) is 2.77. The predicted octanol–water partition coefficient (Wildman–Crippen LogP) is 3.78. The lowest BCUT2D eigenvalue weighted by atomic mass is 10.2. The van der Waals surface area contributed by atoms with E-state index in [-0.39, 0.29) is 12.1 Å². The maximum absolute atomic E-state index is 12.1. The lowest BCUT2D eigenvalue weighted by molar-refractivity contribution is 0.183. The van der Waals surface area contributed by atoms with Crippen LogP contribution in [0.5, 0.6) is 0 Å². The Morgan fingerprint density at radius 3 is 2.37 bits per heavy atom. The first-order valence-electron chi connectivity index (χ1n) is 6.78. The Morgan fingerprint density at radius 1 is 1.21 bits per heavy atom. The van der Waals surface area contributed by atoms with E-state index in [2.05, 4.69) is 19.2 Å². The quantitative estimate of drug-likeness (QED) is 0.858. The zero-order chi connectivity index (χ0) is 14.3. The van der Waals surface area contributed by atoms with Gasteiger partial charge >= 0.3 is 6.03 Å². The first-order valence-corrected chi connectivity index (χ1v) is 6.78. The fourth-order valence-corrected chi connectivity index (χ4v) is 1.66. The number of nitrogens with one attached hydrogen (secondary N) is 1. The summed E-state index contributed by atoms with van der Waals surface area (Å²) in [4.78, 5) is 14.0. The number of allylic oxidation sites excluding steroid dienone is 1. The van der Waals surface area contributed by atoms with Crippen molar-refractivity contribution in [1.29, 1.82) is 0 Å². The molecule has 0 aromatic heterocycles. The van der Waals surface area contributed by atoms with Crippen molar-refractivity contribution in [3.05, 3.63) is 48.2 Å². The SMILES string of the molecule is CC(C)/C=C/NC(=O)N(Cc1ccccc1)C(C)C. The maximum atomic E-state index is 12.1. The second-order valence-corrected chi connectivity index (χ2v) is 5.26. The maximum Gasteiger partial charge on any atom is 0.321 e. The summed E-state index contributed by atoms with van der Waals surface area (Å²) in [7, 11) is 0. The molecule has 0 saturated carbocycles. The molecule has 2 amide bonds. The molecule has 3 nitrogen and oxygen atoms in total. The molecule has 0 atom stereocenters. The zero-order valence-corrected chi connectivity index (χ0v) is 12.3. The van der Waals surface area contributed by atoms with E-state index in [0.717, 1.165) is 5.56 Å². The van der Waals surface area contributed by atoms with E-state index >= 15 is 0 Å². The third-order valence-electron chi connectivity index (χ3n) is 2.77. The number of amides is 2. The van der Waals surface area contributed by atoms with Gasteiger partial charge in [-0.2, -0.15) is 0 Å². The van der Waals surface area contributed by atoms with Crippen LogP contribution < -0.4 is 5.32 Å². The van der Waals surface area contributed by atoms with Gasteiger partial charge in [-0.15, -0.1) is 0 Å². The fourth-order valence-electron chi connectivity index (χ4n) is 1.66. The molecule has 0 radical (unpaired) electrons. The molecule has 0 aliphatic heterocycles. The predicted molar refractivity (Wildman–Crippen MR) is 79.6 cm³/mol. The van der Waals surface area contributed by atoms with Crippen molar-refractivity contribution in [1.82, 2.24) is 10.2 Å². The summed E-state index contributed by atoms with van der Waals surface area (Å²) >= 11 is 0. The Labute approximate surface area is 116 Å². The molecule has 1 aromatic rings. The second-order valence-electron chi connectivity index (χ2n) is 5.26. The van der Waals surface area contributed by atoms with Crippen LogP contribution in [0.2, 0.25) is 0 Å². The molecule has 1 aromatic carbocycles. The average molecular weight is 260 g/mol. The molecule has 0 fully saturated rings. The normalized spacial score (nSPS) is 11.3. The Bertz CT molecular complexity index is 410. The summed E-state index contributed by atoms with van der Waals surface area (Å²) in [6.45, 7) is 8.82. The number of urea groups is 1. The van der Waals surface area contributed by atoms with E-state index in [9.17, 15) is 4.79 Å². The van der Waals surface area contributed by atoms with Gasteiger partial charge in [0.1, 0.15) is 0 Å². The van der Waals surface area contributed by atoms with Crippen molar-refractivity contribution in [3.63, 3.8) is 0 Å². The number of hydrogen-bond acceptors (Lipinski definition) is 1. The van der Waals surface area contributed by atoms with Gasteiger partial charge in [0, 0.05) is 18.8 Å². The molecular weight excluding hydrogens is 236 g/mol. The van der Waals surface area contributed by atoms with Gasteiger partial charge in [0.2, 0.25) is 0 Å². The number of nitrogens with zero attached hydrogens (tertiary/aromatic N) is 1. The Balaban J connectivity index is 2.64. The van der Waals surface area contributed by atoms with E-state index in [1.54, 1.807) is 6.20 Å². The van der Waals surface area contributed by atoms with Gasteiger partial charge in [0.05, 0.1) is 0 Å². The summed E-state index contributed by atoms with van der Waals surface area (Å²) in [5.74, 6) is 0.432. The molecule has 1 rings (SSSR count). The molecule has 3 heteroatoms. The highest BCUT2D eigenvalue weighted by molar-refractivity contribution is 5.75. The topological polar surface area (TPSA) is 32.3 Å². The molecule has 0 aliphatic rings. The van der Waals surface area contributed by atoms with Crippen molar-refractivity contribution in [2.75, 3.05) is 0 Å². The van der Waals surface area contributed by atoms with E-state index in [1.165, 1.54) is 0 Å². The highest BCUT2D eigenvalue weighted by atomic mass is 16.2. The van der Waals surface area contributed by atoms with Crippen LogP contribution in [0.1, 0.15) is 33.3 Å². The monoisotopic (exact) mass is 260 g/mol.